The SMILES string of the molecule is N#Cc1cccc(N=Nc2c(-c3ccc(Br)cc3)[nH][nH]c2=O)c1. The summed E-state index contributed by atoms with van der Waals surface area (Å²) in [6, 6.07) is 16.2. The number of aromatic nitrogens is 2. The Kier molecular flexibility index (Phi) is 4.17. The lowest BCUT2D eigenvalue weighted by molar-refractivity contribution is 1.06. The lowest BCUT2D eigenvalue weighted by Crippen LogP contribution is -1.96. The van der Waals surface area contributed by atoms with Gasteiger partial charge in [-0.3, -0.25) is 15.0 Å². The van der Waals surface area contributed by atoms with Crippen molar-refractivity contribution in [2.45, 2.75) is 0 Å². The molecule has 0 spiro atoms. The van der Waals surface area contributed by atoms with Crippen LogP contribution in [0.1, 0.15) is 5.56 Å². The van der Waals surface area contributed by atoms with Gasteiger partial charge in [-0.15, -0.1) is 5.11 Å². The Balaban J connectivity index is 1.99. The van der Waals surface area contributed by atoms with Crippen LogP contribution in [0.15, 0.2) is 68.0 Å². The Bertz CT molecular complexity index is 963. The number of halogens is 1. The number of hydrogen-bond donors (Lipinski definition) is 2. The molecule has 0 aliphatic carbocycles. The molecule has 0 bridgehead atoms. The van der Waals surface area contributed by atoms with E-state index < -0.39 is 0 Å². The fraction of sp³-hybridized carbons (Fsp3) is 0. The summed E-state index contributed by atoms with van der Waals surface area (Å²) in [5.74, 6) is 0. The Labute approximate surface area is 139 Å². The van der Waals surface area contributed by atoms with Crippen LogP contribution in [0.4, 0.5) is 11.4 Å². The number of nitrogens with one attached hydrogen (secondary N) is 2. The van der Waals surface area contributed by atoms with Crippen molar-refractivity contribution in [3.63, 3.8) is 0 Å². The fourth-order valence-corrected chi connectivity index (χ4v) is 2.28. The maximum atomic E-state index is 11.9. The van der Waals surface area contributed by atoms with E-state index in [4.69, 9.17) is 5.26 Å². The molecule has 0 saturated carbocycles. The van der Waals surface area contributed by atoms with Gasteiger partial charge in [-0.2, -0.15) is 10.4 Å². The largest absolute Gasteiger partial charge is 0.295 e. The van der Waals surface area contributed by atoms with Gasteiger partial charge in [0.1, 0.15) is 0 Å². The van der Waals surface area contributed by atoms with Crippen LogP contribution in [-0.4, -0.2) is 10.2 Å². The monoisotopic (exact) mass is 367 g/mol. The number of hydrogen-bond acceptors (Lipinski definition) is 4. The molecular weight excluding hydrogens is 358 g/mol. The molecule has 0 aliphatic heterocycles. The molecule has 3 aromatic rings. The van der Waals surface area contributed by atoms with E-state index in [0.717, 1.165) is 10.0 Å². The second-order valence-electron chi connectivity index (χ2n) is 4.67. The van der Waals surface area contributed by atoms with Crippen molar-refractivity contribution in [1.29, 1.82) is 5.26 Å². The van der Waals surface area contributed by atoms with Crippen LogP contribution >= 0.6 is 15.9 Å². The van der Waals surface area contributed by atoms with Crippen molar-refractivity contribution in [3.8, 4) is 17.3 Å². The zero-order chi connectivity index (χ0) is 16.2. The van der Waals surface area contributed by atoms with E-state index in [1.54, 1.807) is 24.3 Å². The Morgan fingerprint density at radius 1 is 1.04 bits per heavy atom. The summed E-state index contributed by atoms with van der Waals surface area (Å²) >= 11 is 3.37. The molecular formula is C16H10BrN5O. The van der Waals surface area contributed by atoms with Gasteiger partial charge >= 0.3 is 0 Å². The van der Waals surface area contributed by atoms with E-state index in [0.29, 0.717) is 16.9 Å². The summed E-state index contributed by atoms with van der Waals surface area (Å²) in [6.07, 6.45) is 0. The van der Waals surface area contributed by atoms with Crippen molar-refractivity contribution in [2.75, 3.05) is 0 Å². The van der Waals surface area contributed by atoms with E-state index in [1.165, 1.54) is 0 Å². The number of nitrogens with zero attached hydrogens (tertiary/aromatic N) is 3. The first-order chi connectivity index (χ1) is 11.2. The quantitative estimate of drug-likeness (QED) is 0.669. The Morgan fingerprint density at radius 3 is 2.57 bits per heavy atom. The van der Waals surface area contributed by atoms with Crippen LogP contribution < -0.4 is 5.56 Å². The minimum Gasteiger partial charge on any atom is -0.295 e. The number of nitriles is 1. The highest BCUT2D eigenvalue weighted by atomic mass is 79.9. The van der Waals surface area contributed by atoms with Gasteiger partial charge in [0.2, 0.25) is 0 Å². The fourth-order valence-electron chi connectivity index (χ4n) is 2.02. The molecule has 1 heterocycles. The minimum absolute atomic E-state index is 0.190. The molecule has 7 heteroatoms. The predicted molar refractivity (Wildman–Crippen MR) is 89.9 cm³/mol. The van der Waals surface area contributed by atoms with Gasteiger partial charge in [-0.25, -0.2) is 0 Å². The molecule has 0 atom stereocenters. The lowest BCUT2D eigenvalue weighted by Gasteiger charge is -1.99. The average Bonchev–Trinajstić information content (AvgIpc) is 2.94. The van der Waals surface area contributed by atoms with E-state index >= 15 is 0 Å². The topological polar surface area (TPSA) is 97.2 Å². The third-order valence-corrected chi connectivity index (χ3v) is 3.66. The zero-order valence-corrected chi connectivity index (χ0v) is 13.3. The molecule has 0 aliphatic rings. The van der Waals surface area contributed by atoms with Crippen LogP contribution in [0.25, 0.3) is 11.3 Å². The molecule has 23 heavy (non-hydrogen) atoms. The second-order valence-corrected chi connectivity index (χ2v) is 5.59. The highest BCUT2D eigenvalue weighted by Crippen LogP contribution is 2.27. The smallest absolute Gasteiger partial charge is 0.292 e. The van der Waals surface area contributed by atoms with Gasteiger partial charge < -0.3 is 0 Å². The van der Waals surface area contributed by atoms with E-state index in [-0.39, 0.29) is 11.2 Å². The first kappa shape index (κ1) is 14.9. The van der Waals surface area contributed by atoms with Crippen molar-refractivity contribution >= 4 is 27.3 Å². The Morgan fingerprint density at radius 2 is 1.83 bits per heavy atom. The standard InChI is InChI=1S/C16H10BrN5O/c17-12-6-4-11(5-7-12)14-15(16(23)22-20-14)21-19-13-3-1-2-10(8-13)9-18/h1-8H,(H2,20,22,23). The van der Waals surface area contributed by atoms with Crippen molar-refractivity contribution < 1.29 is 0 Å². The van der Waals surface area contributed by atoms with Crippen LogP contribution in [0, 0.1) is 11.3 Å². The minimum atomic E-state index is -0.358. The molecule has 0 fully saturated rings. The summed E-state index contributed by atoms with van der Waals surface area (Å²) in [5, 5.41) is 22.3. The summed E-state index contributed by atoms with van der Waals surface area (Å²) in [6.45, 7) is 0. The third-order valence-electron chi connectivity index (χ3n) is 3.13. The number of rotatable bonds is 3. The molecule has 0 amide bonds. The molecule has 2 N–H and O–H groups in total. The van der Waals surface area contributed by atoms with Crippen LogP contribution in [0.2, 0.25) is 0 Å². The lowest BCUT2D eigenvalue weighted by atomic mass is 10.1. The molecule has 0 saturated heterocycles. The molecule has 2 aromatic carbocycles. The summed E-state index contributed by atoms with van der Waals surface area (Å²) in [5.41, 5.74) is 2.19. The number of azo groups is 1. The van der Waals surface area contributed by atoms with Gasteiger partial charge in [0.15, 0.2) is 5.69 Å². The normalized spacial score (nSPS) is 10.8. The van der Waals surface area contributed by atoms with Crippen LogP contribution in [0.3, 0.4) is 0 Å². The summed E-state index contributed by atoms with van der Waals surface area (Å²) < 4.78 is 0.940. The van der Waals surface area contributed by atoms with Gasteiger partial charge in [0.05, 0.1) is 23.0 Å². The maximum absolute atomic E-state index is 11.9. The van der Waals surface area contributed by atoms with Gasteiger partial charge in [0.25, 0.3) is 5.56 Å². The van der Waals surface area contributed by atoms with Crippen molar-refractivity contribution in [3.05, 3.63) is 68.9 Å². The van der Waals surface area contributed by atoms with E-state index in [1.807, 2.05) is 30.3 Å². The van der Waals surface area contributed by atoms with Crippen LogP contribution in [-0.2, 0) is 0 Å². The van der Waals surface area contributed by atoms with Gasteiger partial charge in [-0.1, -0.05) is 34.1 Å². The molecule has 112 valence electrons. The predicted octanol–water partition coefficient (Wildman–Crippen LogP) is 4.42. The highest BCUT2D eigenvalue weighted by molar-refractivity contribution is 9.10. The highest BCUT2D eigenvalue weighted by Gasteiger charge is 2.11. The van der Waals surface area contributed by atoms with Crippen LogP contribution in [0.5, 0.6) is 0 Å². The van der Waals surface area contributed by atoms with E-state index in [2.05, 4.69) is 36.4 Å². The number of H-pyrrole nitrogens is 2. The number of benzene rings is 2. The maximum Gasteiger partial charge on any atom is 0.292 e. The van der Waals surface area contributed by atoms with E-state index in [9.17, 15) is 4.79 Å². The second kappa shape index (κ2) is 6.42. The number of aromatic amines is 2. The third kappa shape index (κ3) is 3.27. The Hall–Kier alpha value is -2.98. The van der Waals surface area contributed by atoms with Gasteiger partial charge in [0, 0.05) is 10.0 Å². The summed E-state index contributed by atoms with van der Waals surface area (Å²) in [7, 11) is 0. The summed E-state index contributed by atoms with van der Waals surface area (Å²) in [4.78, 5) is 11.9. The first-order valence-electron chi connectivity index (χ1n) is 6.66. The molecule has 0 unspecified atom stereocenters. The average molecular weight is 368 g/mol. The molecule has 0 radical (unpaired) electrons. The molecule has 3 rings (SSSR count). The van der Waals surface area contributed by atoms with Crippen molar-refractivity contribution in [1.82, 2.24) is 10.2 Å². The molecule has 6 nitrogen and oxygen atoms in total. The van der Waals surface area contributed by atoms with Gasteiger partial charge in [-0.05, 0) is 30.3 Å². The molecule has 1 aromatic heterocycles. The van der Waals surface area contributed by atoms with Crippen molar-refractivity contribution in [2.24, 2.45) is 10.2 Å². The zero-order valence-electron chi connectivity index (χ0n) is 11.7. The first-order valence-corrected chi connectivity index (χ1v) is 7.45.